The average Bonchev–Trinajstić information content (AvgIpc) is 2.37. The Hall–Kier alpha value is -2.13. The summed E-state index contributed by atoms with van der Waals surface area (Å²) < 4.78 is 0. The molecule has 0 amide bonds. The molecule has 6 nitrogen and oxygen atoms in total. The van der Waals surface area contributed by atoms with Crippen LogP contribution in [0.4, 0.5) is 11.4 Å². The molecule has 1 aromatic carbocycles. The number of rotatable bonds is 2. The summed E-state index contributed by atoms with van der Waals surface area (Å²) in [5.41, 5.74) is 0.0442. The Morgan fingerprint density at radius 2 is 2.11 bits per heavy atom. The topological polar surface area (TPSA) is 90.4 Å². The molecule has 100 valence electrons. The van der Waals surface area contributed by atoms with Crippen molar-refractivity contribution in [2.45, 2.75) is 25.4 Å². The zero-order valence-corrected chi connectivity index (χ0v) is 10.7. The Morgan fingerprint density at radius 1 is 1.47 bits per heavy atom. The highest BCUT2D eigenvalue weighted by molar-refractivity contribution is 5.60. The number of anilines is 1. The molecule has 0 spiro atoms. The molecule has 0 aliphatic carbocycles. The fourth-order valence-corrected chi connectivity index (χ4v) is 2.22. The van der Waals surface area contributed by atoms with E-state index >= 15 is 0 Å². The quantitative estimate of drug-likeness (QED) is 0.647. The maximum Gasteiger partial charge on any atom is 0.287 e. The van der Waals surface area contributed by atoms with E-state index in [0.29, 0.717) is 25.9 Å². The van der Waals surface area contributed by atoms with Gasteiger partial charge in [-0.1, -0.05) is 0 Å². The summed E-state index contributed by atoms with van der Waals surface area (Å²) >= 11 is 0. The number of aliphatic hydroxyl groups is 1. The molecule has 1 saturated heterocycles. The molecule has 0 aromatic heterocycles. The maximum atomic E-state index is 10.8. The van der Waals surface area contributed by atoms with Gasteiger partial charge in [0.1, 0.15) is 11.6 Å². The standard InChI is InChI=1S/C13H15N3O3/c1-13(17)4-6-15(7-5-13)11-2-3-12(16(18)19)10(8-11)9-14/h2-3,8,17H,4-7H2,1H3. The van der Waals surface area contributed by atoms with Gasteiger partial charge in [0.05, 0.1) is 10.5 Å². The number of nitro groups is 1. The van der Waals surface area contributed by atoms with Gasteiger partial charge in [0.15, 0.2) is 0 Å². The SMILES string of the molecule is CC1(O)CCN(c2ccc([N+](=O)[O-])c(C#N)c2)CC1. The van der Waals surface area contributed by atoms with Crippen molar-refractivity contribution in [2.24, 2.45) is 0 Å². The van der Waals surface area contributed by atoms with Gasteiger partial charge < -0.3 is 10.0 Å². The van der Waals surface area contributed by atoms with Crippen molar-refractivity contribution in [3.05, 3.63) is 33.9 Å². The molecule has 0 bridgehead atoms. The third-order valence-corrected chi connectivity index (χ3v) is 3.50. The molecule has 1 aliphatic heterocycles. The zero-order chi connectivity index (χ0) is 14.0. The van der Waals surface area contributed by atoms with Crippen molar-refractivity contribution in [2.75, 3.05) is 18.0 Å². The van der Waals surface area contributed by atoms with Gasteiger partial charge in [-0.3, -0.25) is 10.1 Å². The Kier molecular flexibility index (Phi) is 3.40. The van der Waals surface area contributed by atoms with Crippen LogP contribution in [-0.4, -0.2) is 28.7 Å². The molecule has 1 fully saturated rings. The first-order valence-electron chi connectivity index (χ1n) is 6.09. The van der Waals surface area contributed by atoms with Crippen LogP contribution in [0.15, 0.2) is 18.2 Å². The second-order valence-electron chi connectivity index (χ2n) is 5.05. The number of hydrogen-bond acceptors (Lipinski definition) is 5. The molecule has 1 aromatic rings. The molecule has 6 heteroatoms. The largest absolute Gasteiger partial charge is 0.390 e. The van der Waals surface area contributed by atoms with Crippen LogP contribution in [-0.2, 0) is 0 Å². The summed E-state index contributed by atoms with van der Waals surface area (Å²) in [6, 6.07) is 6.41. The second kappa shape index (κ2) is 4.86. The fourth-order valence-electron chi connectivity index (χ4n) is 2.22. The van der Waals surface area contributed by atoms with Crippen LogP contribution in [0.5, 0.6) is 0 Å². The lowest BCUT2D eigenvalue weighted by Gasteiger charge is -2.37. The molecule has 0 unspecified atom stereocenters. The number of hydrogen-bond donors (Lipinski definition) is 1. The Morgan fingerprint density at radius 3 is 2.63 bits per heavy atom. The third kappa shape index (κ3) is 2.83. The van der Waals surface area contributed by atoms with Crippen molar-refractivity contribution in [3.63, 3.8) is 0 Å². The minimum absolute atomic E-state index is 0.0693. The Bertz CT molecular complexity index is 539. The molecule has 1 aliphatic rings. The van der Waals surface area contributed by atoms with Crippen molar-refractivity contribution < 1.29 is 10.0 Å². The summed E-state index contributed by atoms with van der Waals surface area (Å²) in [4.78, 5) is 12.2. The fraction of sp³-hybridized carbons (Fsp3) is 0.462. The van der Waals surface area contributed by atoms with Gasteiger partial charge in [0.2, 0.25) is 0 Å². The van der Waals surface area contributed by atoms with Gasteiger partial charge in [-0.2, -0.15) is 5.26 Å². The van der Waals surface area contributed by atoms with Crippen LogP contribution in [0.2, 0.25) is 0 Å². The highest BCUT2D eigenvalue weighted by atomic mass is 16.6. The van der Waals surface area contributed by atoms with E-state index in [-0.39, 0.29) is 11.3 Å². The molecule has 0 atom stereocenters. The first-order valence-corrected chi connectivity index (χ1v) is 6.09. The van der Waals surface area contributed by atoms with E-state index in [0.717, 1.165) is 5.69 Å². The van der Waals surface area contributed by atoms with E-state index in [1.54, 1.807) is 13.0 Å². The van der Waals surface area contributed by atoms with E-state index in [1.807, 2.05) is 11.0 Å². The van der Waals surface area contributed by atoms with Crippen molar-refractivity contribution in [3.8, 4) is 6.07 Å². The average molecular weight is 261 g/mol. The molecule has 0 saturated carbocycles. The first kappa shape index (κ1) is 13.3. The van der Waals surface area contributed by atoms with E-state index < -0.39 is 10.5 Å². The molecule has 19 heavy (non-hydrogen) atoms. The van der Waals surface area contributed by atoms with Gasteiger partial charge in [-0.25, -0.2) is 0 Å². The second-order valence-corrected chi connectivity index (χ2v) is 5.05. The predicted octanol–water partition coefficient (Wildman–Crippen LogP) is 1.82. The van der Waals surface area contributed by atoms with Crippen molar-refractivity contribution in [1.29, 1.82) is 5.26 Å². The predicted molar refractivity (Wildman–Crippen MR) is 69.9 cm³/mol. The lowest BCUT2D eigenvalue weighted by atomic mass is 9.93. The van der Waals surface area contributed by atoms with Gasteiger partial charge in [0, 0.05) is 24.8 Å². The van der Waals surface area contributed by atoms with Crippen LogP contribution >= 0.6 is 0 Å². The molecule has 2 rings (SSSR count). The smallest absolute Gasteiger partial charge is 0.287 e. The lowest BCUT2D eigenvalue weighted by molar-refractivity contribution is -0.385. The van der Waals surface area contributed by atoms with E-state index in [9.17, 15) is 15.2 Å². The minimum atomic E-state index is -0.644. The highest BCUT2D eigenvalue weighted by Crippen LogP contribution is 2.29. The third-order valence-electron chi connectivity index (χ3n) is 3.50. The summed E-state index contributed by atoms with van der Waals surface area (Å²) in [6.07, 6.45) is 1.29. The lowest BCUT2D eigenvalue weighted by Crippen LogP contribution is -2.42. The Labute approximate surface area is 111 Å². The van der Waals surface area contributed by atoms with Gasteiger partial charge >= 0.3 is 0 Å². The van der Waals surface area contributed by atoms with Gasteiger partial charge in [0.25, 0.3) is 5.69 Å². The van der Waals surface area contributed by atoms with Crippen LogP contribution < -0.4 is 4.90 Å². The number of nitrogens with zero attached hydrogens (tertiary/aromatic N) is 3. The van der Waals surface area contributed by atoms with Crippen molar-refractivity contribution >= 4 is 11.4 Å². The maximum absolute atomic E-state index is 10.8. The summed E-state index contributed by atoms with van der Waals surface area (Å²) in [6.45, 7) is 3.16. The van der Waals surface area contributed by atoms with Gasteiger partial charge in [-0.05, 0) is 31.9 Å². The zero-order valence-electron chi connectivity index (χ0n) is 10.7. The number of piperidine rings is 1. The van der Waals surface area contributed by atoms with Crippen LogP contribution in [0.25, 0.3) is 0 Å². The monoisotopic (exact) mass is 261 g/mol. The number of benzene rings is 1. The molecule has 1 heterocycles. The van der Waals surface area contributed by atoms with Gasteiger partial charge in [-0.15, -0.1) is 0 Å². The summed E-state index contributed by atoms with van der Waals surface area (Å²) in [5, 5.41) is 29.6. The molecular formula is C13H15N3O3. The first-order chi connectivity index (χ1) is 8.93. The summed E-state index contributed by atoms with van der Waals surface area (Å²) in [5.74, 6) is 0. The van der Waals surface area contributed by atoms with E-state index in [2.05, 4.69) is 0 Å². The molecule has 1 N–H and O–H groups in total. The van der Waals surface area contributed by atoms with Crippen molar-refractivity contribution in [1.82, 2.24) is 0 Å². The van der Waals surface area contributed by atoms with Crippen LogP contribution in [0.1, 0.15) is 25.3 Å². The summed E-state index contributed by atoms with van der Waals surface area (Å²) in [7, 11) is 0. The number of nitriles is 1. The van der Waals surface area contributed by atoms with E-state index in [4.69, 9.17) is 5.26 Å². The highest BCUT2D eigenvalue weighted by Gasteiger charge is 2.28. The van der Waals surface area contributed by atoms with E-state index in [1.165, 1.54) is 12.1 Å². The molecular weight excluding hydrogens is 246 g/mol. The van der Waals surface area contributed by atoms with Crippen LogP contribution in [0.3, 0.4) is 0 Å². The minimum Gasteiger partial charge on any atom is -0.390 e. The Balaban J connectivity index is 2.23. The van der Waals surface area contributed by atoms with Crippen LogP contribution in [0, 0.1) is 21.4 Å². The number of nitro benzene ring substituents is 1. The molecule has 0 radical (unpaired) electrons. The normalized spacial score (nSPS) is 17.8.